The number of thiophene rings is 2. The van der Waals surface area contributed by atoms with Gasteiger partial charge in [-0.2, -0.15) is 0 Å². The van der Waals surface area contributed by atoms with Gasteiger partial charge in [0.05, 0.1) is 21.8 Å². The molecule has 0 aliphatic carbocycles. The molecule has 0 atom stereocenters. The Morgan fingerprint density at radius 2 is 0.898 bits per heavy atom. The van der Waals surface area contributed by atoms with Crippen molar-refractivity contribution < 1.29 is 0 Å². The lowest BCUT2D eigenvalue weighted by atomic mass is 9.94. The average Bonchev–Trinajstić information content (AvgIpc) is 3.75. The van der Waals surface area contributed by atoms with Crippen LogP contribution in [-0.2, 0) is 0 Å². The maximum atomic E-state index is 2.53. The molecule has 10 aromatic rings. The molecule has 10 rings (SSSR count). The molecule has 2 aromatic heterocycles. The van der Waals surface area contributed by atoms with E-state index in [0.29, 0.717) is 0 Å². The van der Waals surface area contributed by atoms with Crippen LogP contribution < -0.4 is 4.90 Å². The molecule has 2 heterocycles. The normalized spacial score (nSPS) is 11.7. The second-order valence-electron chi connectivity index (χ2n) is 12.5. The number of rotatable bonds is 5. The smallest absolute Gasteiger partial charge is 0.0640 e. The largest absolute Gasteiger partial charge is 0.308 e. The molecular formula is C46H29NS2. The Balaban J connectivity index is 1.26. The third-order valence-corrected chi connectivity index (χ3v) is 12.0. The van der Waals surface area contributed by atoms with Gasteiger partial charge in [0.2, 0.25) is 0 Å². The molecule has 0 spiro atoms. The van der Waals surface area contributed by atoms with Crippen molar-refractivity contribution in [1.29, 1.82) is 0 Å². The van der Waals surface area contributed by atoms with E-state index in [0.717, 1.165) is 5.69 Å². The Kier molecular flexibility index (Phi) is 6.61. The summed E-state index contributed by atoms with van der Waals surface area (Å²) in [6, 6.07) is 64.4. The summed E-state index contributed by atoms with van der Waals surface area (Å²) in [7, 11) is 0. The van der Waals surface area contributed by atoms with Gasteiger partial charge in [-0.05, 0) is 69.9 Å². The predicted octanol–water partition coefficient (Wildman–Crippen LogP) is 14.4. The van der Waals surface area contributed by atoms with Crippen molar-refractivity contribution in [3.05, 3.63) is 176 Å². The van der Waals surface area contributed by atoms with E-state index < -0.39 is 0 Å². The van der Waals surface area contributed by atoms with Crippen molar-refractivity contribution in [2.45, 2.75) is 0 Å². The van der Waals surface area contributed by atoms with Crippen LogP contribution in [0.4, 0.5) is 17.1 Å². The summed E-state index contributed by atoms with van der Waals surface area (Å²) in [5.74, 6) is 0. The number of fused-ring (bicyclic) bond motifs is 7. The number of hydrogen-bond donors (Lipinski definition) is 0. The van der Waals surface area contributed by atoms with Crippen molar-refractivity contribution in [3.63, 3.8) is 0 Å². The van der Waals surface area contributed by atoms with Gasteiger partial charge in [0.1, 0.15) is 0 Å². The monoisotopic (exact) mass is 659 g/mol. The first-order valence-electron chi connectivity index (χ1n) is 16.6. The van der Waals surface area contributed by atoms with Crippen molar-refractivity contribution >= 4 is 90.9 Å². The summed E-state index contributed by atoms with van der Waals surface area (Å²) >= 11 is 3.75. The SMILES string of the molecule is c1cc(-c2ccccc2N(c2cccc3c2sc2ccccc23)c2cccc3sc4ccccc4c23)cc(-c2cccc3ccccc23)c1. The minimum absolute atomic E-state index is 1.16. The first-order chi connectivity index (χ1) is 24.3. The van der Waals surface area contributed by atoms with E-state index in [9.17, 15) is 0 Å². The number of anilines is 3. The molecule has 8 aromatic carbocycles. The minimum atomic E-state index is 1.16. The van der Waals surface area contributed by atoms with Crippen LogP contribution in [0.1, 0.15) is 0 Å². The lowest BCUT2D eigenvalue weighted by molar-refractivity contribution is 1.32. The molecule has 0 N–H and O–H groups in total. The summed E-state index contributed by atoms with van der Waals surface area (Å²) in [6.45, 7) is 0. The second-order valence-corrected chi connectivity index (χ2v) is 14.6. The maximum absolute atomic E-state index is 2.53. The van der Waals surface area contributed by atoms with Crippen LogP contribution in [0, 0.1) is 0 Å². The van der Waals surface area contributed by atoms with Crippen LogP contribution in [0.15, 0.2) is 176 Å². The molecule has 0 saturated carbocycles. The highest BCUT2D eigenvalue weighted by atomic mass is 32.1. The topological polar surface area (TPSA) is 3.24 Å². The molecule has 0 fully saturated rings. The number of nitrogens with zero attached hydrogens (tertiary/aromatic N) is 1. The molecular weight excluding hydrogens is 631 g/mol. The number of benzene rings is 8. The van der Waals surface area contributed by atoms with Crippen molar-refractivity contribution in [3.8, 4) is 22.3 Å². The van der Waals surface area contributed by atoms with Crippen LogP contribution in [-0.4, -0.2) is 0 Å². The predicted molar refractivity (Wildman–Crippen MR) is 215 cm³/mol. The number of hydrogen-bond acceptors (Lipinski definition) is 3. The molecule has 0 saturated heterocycles. The van der Waals surface area contributed by atoms with E-state index in [1.54, 1.807) is 0 Å². The second kappa shape index (κ2) is 11.5. The van der Waals surface area contributed by atoms with E-state index in [2.05, 4.69) is 181 Å². The lowest BCUT2D eigenvalue weighted by Crippen LogP contribution is -2.11. The van der Waals surface area contributed by atoms with Gasteiger partial charge in [-0.25, -0.2) is 0 Å². The lowest BCUT2D eigenvalue weighted by Gasteiger charge is -2.29. The van der Waals surface area contributed by atoms with Gasteiger partial charge in [-0.1, -0.05) is 133 Å². The fourth-order valence-electron chi connectivity index (χ4n) is 7.48. The molecule has 0 amide bonds. The third-order valence-electron chi connectivity index (χ3n) is 9.67. The summed E-state index contributed by atoms with van der Waals surface area (Å²) < 4.78 is 5.20. The van der Waals surface area contributed by atoms with Crippen molar-refractivity contribution in [2.75, 3.05) is 4.90 Å². The fraction of sp³-hybridized carbons (Fsp3) is 0. The van der Waals surface area contributed by atoms with Crippen molar-refractivity contribution in [2.24, 2.45) is 0 Å². The van der Waals surface area contributed by atoms with Gasteiger partial charge in [-0.15, -0.1) is 22.7 Å². The van der Waals surface area contributed by atoms with Gasteiger partial charge in [0.25, 0.3) is 0 Å². The Labute approximate surface area is 292 Å². The zero-order valence-electron chi connectivity index (χ0n) is 26.5. The van der Waals surface area contributed by atoms with E-state index >= 15 is 0 Å². The van der Waals surface area contributed by atoms with Crippen LogP contribution in [0.5, 0.6) is 0 Å². The van der Waals surface area contributed by atoms with Crippen LogP contribution >= 0.6 is 22.7 Å². The highest BCUT2D eigenvalue weighted by Gasteiger charge is 2.24. The Morgan fingerprint density at radius 3 is 1.80 bits per heavy atom. The average molecular weight is 660 g/mol. The molecule has 3 heteroatoms. The van der Waals surface area contributed by atoms with E-state index in [4.69, 9.17) is 0 Å². The van der Waals surface area contributed by atoms with Gasteiger partial charge in [-0.3, -0.25) is 0 Å². The first-order valence-corrected chi connectivity index (χ1v) is 18.2. The van der Waals surface area contributed by atoms with Gasteiger partial charge < -0.3 is 4.90 Å². The van der Waals surface area contributed by atoms with E-state index in [-0.39, 0.29) is 0 Å². The zero-order valence-corrected chi connectivity index (χ0v) is 28.1. The molecule has 49 heavy (non-hydrogen) atoms. The van der Waals surface area contributed by atoms with Crippen LogP contribution in [0.3, 0.4) is 0 Å². The fourth-order valence-corrected chi connectivity index (χ4v) is 9.82. The zero-order chi connectivity index (χ0) is 32.3. The molecule has 0 aliphatic rings. The molecule has 230 valence electrons. The molecule has 0 radical (unpaired) electrons. The standard InChI is InChI=1S/C46H29NS2/c1-2-17-33-30(13-1)14-10-21-34(33)31-15-9-16-32(29-31)35-18-3-6-23-39(35)47(40-24-12-28-44-45(40)38-20-5-8-27-43(38)48-44)41-25-11-22-37-36-19-4-7-26-42(36)49-46(37)41/h1-29H. The molecule has 0 bridgehead atoms. The van der Waals surface area contributed by atoms with Gasteiger partial charge in [0.15, 0.2) is 0 Å². The van der Waals surface area contributed by atoms with Gasteiger partial charge >= 0.3 is 0 Å². The quantitative estimate of drug-likeness (QED) is 0.178. The highest BCUT2D eigenvalue weighted by Crippen LogP contribution is 2.50. The molecule has 0 aliphatic heterocycles. The Bertz CT molecular complexity index is 2850. The van der Waals surface area contributed by atoms with E-state index in [1.165, 1.54) is 84.7 Å². The first kappa shape index (κ1) is 28.3. The van der Waals surface area contributed by atoms with Crippen LogP contribution in [0.2, 0.25) is 0 Å². The summed E-state index contributed by atoms with van der Waals surface area (Å²) in [5.41, 5.74) is 8.39. The van der Waals surface area contributed by atoms with E-state index in [1.807, 2.05) is 22.7 Å². The third kappa shape index (κ3) is 4.58. The van der Waals surface area contributed by atoms with Gasteiger partial charge in [0, 0.05) is 41.2 Å². The minimum Gasteiger partial charge on any atom is -0.308 e. The Hall–Kier alpha value is -5.74. The van der Waals surface area contributed by atoms with Crippen LogP contribution in [0.25, 0.3) is 73.4 Å². The summed E-state index contributed by atoms with van der Waals surface area (Å²) in [6.07, 6.45) is 0. The van der Waals surface area contributed by atoms with Crippen molar-refractivity contribution in [1.82, 2.24) is 0 Å². The molecule has 1 nitrogen and oxygen atoms in total. The summed E-state index contributed by atoms with van der Waals surface area (Å²) in [5, 5.41) is 7.71. The summed E-state index contributed by atoms with van der Waals surface area (Å²) in [4.78, 5) is 2.53. The Morgan fingerprint density at radius 1 is 0.347 bits per heavy atom. The molecule has 0 unspecified atom stereocenters. The highest BCUT2D eigenvalue weighted by molar-refractivity contribution is 7.26. The maximum Gasteiger partial charge on any atom is 0.0640 e. The number of para-hydroxylation sites is 1.